The van der Waals surface area contributed by atoms with Crippen molar-refractivity contribution in [3.05, 3.63) is 23.3 Å². The van der Waals surface area contributed by atoms with Gasteiger partial charge in [-0.1, -0.05) is 0 Å². The van der Waals surface area contributed by atoms with Crippen LogP contribution >= 0.6 is 0 Å². The molecule has 0 spiro atoms. The van der Waals surface area contributed by atoms with Gasteiger partial charge in [0, 0.05) is 11.1 Å². The van der Waals surface area contributed by atoms with E-state index < -0.39 is 11.7 Å². The highest BCUT2D eigenvalue weighted by Crippen LogP contribution is 2.30. The van der Waals surface area contributed by atoms with Crippen LogP contribution in [-0.4, -0.2) is 32.1 Å². The van der Waals surface area contributed by atoms with Gasteiger partial charge in [0.2, 0.25) is 0 Å². The standard InChI is InChI=1S/C15H22N2O4/c1-10-12(19-5)8-7-11(13(10)20-6)9-16-17-14(18)21-15(2,3)4/h7-9H,1-6H3,(H,17,18)/b16-9+. The Kier molecular flexibility index (Phi) is 5.58. The second kappa shape index (κ2) is 6.97. The average molecular weight is 294 g/mol. The summed E-state index contributed by atoms with van der Waals surface area (Å²) in [6.45, 7) is 7.24. The normalized spacial score (nSPS) is 11.3. The van der Waals surface area contributed by atoms with Crippen molar-refractivity contribution in [2.45, 2.75) is 33.3 Å². The Hall–Kier alpha value is -2.24. The second-order valence-corrected chi connectivity index (χ2v) is 5.39. The lowest BCUT2D eigenvalue weighted by atomic mass is 10.1. The van der Waals surface area contributed by atoms with E-state index in [1.807, 2.05) is 13.0 Å². The van der Waals surface area contributed by atoms with E-state index in [9.17, 15) is 4.79 Å². The summed E-state index contributed by atoms with van der Waals surface area (Å²) in [4.78, 5) is 11.5. The zero-order valence-electron chi connectivity index (χ0n) is 13.3. The van der Waals surface area contributed by atoms with Crippen LogP contribution in [0.4, 0.5) is 4.79 Å². The van der Waals surface area contributed by atoms with Crippen LogP contribution in [-0.2, 0) is 4.74 Å². The van der Waals surface area contributed by atoms with Crippen LogP contribution in [0.5, 0.6) is 11.5 Å². The van der Waals surface area contributed by atoms with Gasteiger partial charge in [0.05, 0.1) is 20.4 Å². The van der Waals surface area contributed by atoms with E-state index in [0.29, 0.717) is 5.75 Å². The number of hydrogen-bond donors (Lipinski definition) is 1. The van der Waals surface area contributed by atoms with Gasteiger partial charge in [0.15, 0.2) is 0 Å². The molecule has 116 valence electrons. The Balaban J connectivity index is 2.81. The number of amides is 1. The Labute approximate surface area is 125 Å². The molecule has 0 bridgehead atoms. The monoisotopic (exact) mass is 294 g/mol. The van der Waals surface area contributed by atoms with Gasteiger partial charge in [-0.15, -0.1) is 0 Å². The summed E-state index contributed by atoms with van der Waals surface area (Å²) in [6.07, 6.45) is 0.887. The van der Waals surface area contributed by atoms with Gasteiger partial charge < -0.3 is 14.2 Å². The lowest BCUT2D eigenvalue weighted by Crippen LogP contribution is -2.29. The Morgan fingerprint density at radius 3 is 2.43 bits per heavy atom. The molecule has 0 heterocycles. The molecule has 6 nitrogen and oxygen atoms in total. The van der Waals surface area contributed by atoms with Crippen LogP contribution in [0.25, 0.3) is 0 Å². The maximum atomic E-state index is 11.5. The summed E-state index contributed by atoms with van der Waals surface area (Å²) >= 11 is 0. The van der Waals surface area contributed by atoms with Gasteiger partial charge in [0.25, 0.3) is 0 Å². The number of carbonyl (C=O) groups is 1. The molecule has 1 N–H and O–H groups in total. The van der Waals surface area contributed by atoms with E-state index in [-0.39, 0.29) is 0 Å². The molecule has 0 aliphatic carbocycles. The molecule has 1 amide bonds. The average Bonchev–Trinajstić information content (AvgIpc) is 2.37. The number of benzene rings is 1. The fourth-order valence-corrected chi connectivity index (χ4v) is 1.74. The van der Waals surface area contributed by atoms with Gasteiger partial charge in [-0.25, -0.2) is 10.2 Å². The predicted molar refractivity (Wildman–Crippen MR) is 81.2 cm³/mol. The number of carbonyl (C=O) groups excluding carboxylic acids is 1. The molecule has 0 saturated carbocycles. The van der Waals surface area contributed by atoms with Gasteiger partial charge in [-0.3, -0.25) is 0 Å². The second-order valence-electron chi connectivity index (χ2n) is 5.39. The number of nitrogens with zero attached hydrogens (tertiary/aromatic N) is 1. The van der Waals surface area contributed by atoms with Crippen molar-refractivity contribution in [2.75, 3.05) is 14.2 Å². The summed E-state index contributed by atoms with van der Waals surface area (Å²) in [5, 5.41) is 3.86. The van der Waals surface area contributed by atoms with E-state index in [1.54, 1.807) is 41.1 Å². The number of nitrogens with one attached hydrogen (secondary N) is 1. The van der Waals surface area contributed by atoms with E-state index in [1.165, 1.54) is 6.21 Å². The minimum atomic E-state index is -0.608. The fourth-order valence-electron chi connectivity index (χ4n) is 1.74. The molecule has 0 fully saturated rings. The van der Waals surface area contributed by atoms with E-state index in [0.717, 1.165) is 16.9 Å². The van der Waals surface area contributed by atoms with Crippen LogP contribution in [0.15, 0.2) is 17.2 Å². The minimum Gasteiger partial charge on any atom is -0.496 e. The SMILES string of the molecule is COc1ccc(/C=N/NC(=O)OC(C)(C)C)c(OC)c1C. The number of hydrazone groups is 1. The molecule has 0 aliphatic heterocycles. The molecule has 0 radical (unpaired) electrons. The lowest BCUT2D eigenvalue weighted by molar-refractivity contribution is 0.0529. The quantitative estimate of drug-likeness (QED) is 0.685. The molecule has 0 atom stereocenters. The van der Waals surface area contributed by atoms with Crippen molar-refractivity contribution in [3.63, 3.8) is 0 Å². The smallest absolute Gasteiger partial charge is 0.428 e. The molecule has 0 saturated heterocycles. The van der Waals surface area contributed by atoms with Crippen molar-refractivity contribution in [2.24, 2.45) is 5.10 Å². The number of rotatable bonds is 4. The molecule has 1 aromatic rings. The molecular formula is C15H22N2O4. The first kappa shape index (κ1) is 16.8. The third kappa shape index (κ3) is 4.98. The van der Waals surface area contributed by atoms with Gasteiger partial charge in [-0.05, 0) is 39.8 Å². The summed E-state index contributed by atoms with van der Waals surface area (Å²) in [6, 6.07) is 3.61. The summed E-state index contributed by atoms with van der Waals surface area (Å²) in [5.74, 6) is 1.37. The molecule has 0 aliphatic rings. The van der Waals surface area contributed by atoms with Crippen LogP contribution in [0.1, 0.15) is 31.9 Å². The summed E-state index contributed by atoms with van der Waals surface area (Å²) in [5.41, 5.74) is 3.34. The molecule has 0 aromatic heterocycles. The van der Waals surface area contributed by atoms with E-state index in [2.05, 4.69) is 10.5 Å². The predicted octanol–water partition coefficient (Wildman–Crippen LogP) is 2.87. The van der Waals surface area contributed by atoms with Crippen molar-refractivity contribution < 1.29 is 19.0 Å². The maximum Gasteiger partial charge on any atom is 0.428 e. The van der Waals surface area contributed by atoms with Gasteiger partial charge in [0.1, 0.15) is 17.1 Å². The van der Waals surface area contributed by atoms with Crippen LogP contribution < -0.4 is 14.9 Å². The lowest BCUT2D eigenvalue weighted by Gasteiger charge is -2.18. The third-order valence-electron chi connectivity index (χ3n) is 2.57. The Bertz CT molecular complexity index is 533. The number of ether oxygens (including phenoxy) is 3. The molecule has 6 heteroatoms. The number of methoxy groups -OCH3 is 2. The maximum absolute atomic E-state index is 11.5. The summed E-state index contributed by atoms with van der Waals surface area (Å²) < 4.78 is 15.6. The molecule has 1 rings (SSSR count). The van der Waals surface area contributed by atoms with Crippen LogP contribution in [0, 0.1) is 6.92 Å². The largest absolute Gasteiger partial charge is 0.496 e. The fraction of sp³-hybridized carbons (Fsp3) is 0.467. The minimum absolute atomic E-state index is 0.562. The van der Waals surface area contributed by atoms with Crippen molar-refractivity contribution in [3.8, 4) is 11.5 Å². The zero-order valence-corrected chi connectivity index (χ0v) is 13.3. The summed E-state index contributed by atoms with van der Waals surface area (Å²) in [7, 11) is 3.17. The topological polar surface area (TPSA) is 69.2 Å². The van der Waals surface area contributed by atoms with Crippen LogP contribution in [0.2, 0.25) is 0 Å². The molecule has 21 heavy (non-hydrogen) atoms. The van der Waals surface area contributed by atoms with Crippen molar-refractivity contribution in [1.29, 1.82) is 0 Å². The van der Waals surface area contributed by atoms with Crippen molar-refractivity contribution in [1.82, 2.24) is 5.43 Å². The van der Waals surface area contributed by atoms with Gasteiger partial charge >= 0.3 is 6.09 Å². The molecule has 0 unspecified atom stereocenters. The van der Waals surface area contributed by atoms with E-state index in [4.69, 9.17) is 14.2 Å². The first-order valence-electron chi connectivity index (χ1n) is 6.52. The molecule has 1 aromatic carbocycles. The third-order valence-corrected chi connectivity index (χ3v) is 2.57. The van der Waals surface area contributed by atoms with E-state index >= 15 is 0 Å². The highest BCUT2D eigenvalue weighted by molar-refractivity contribution is 5.85. The highest BCUT2D eigenvalue weighted by atomic mass is 16.6. The number of hydrogen-bond acceptors (Lipinski definition) is 5. The van der Waals surface area contributed by atoms with Crippen molar-refractivity contribution >= 4 is 12.3 Å². The zero-order chi connectivity index (χ0) is 16.0. The Morgan fingerprint density at radius 1 is 1.24 bits per heavy atom. The van der Waals surface area contributed by atoms with Crippen LogP contribution in [0.3, 0.4) is 0 Å². The highest BCUT2D eigenvalue weighted by Gasteiger charge is 2.15. The first-order chi connectivity index (χ1) is 9.78. The Morgan fingerprint density at radius 2 is 1.90 bits per heavy atom. The first-order valence-corrected chi connectivity index (χ1v) is 6.52. The molecular weight excluding hydrogens is 272 g/mol. The van der Waals surface area contributed by atoms with Gasteiger partial charge in [-0.2, -0.15) is 5.10 Å².